The minimum absolute atomic E-state index is 0.363. The van der Waals surface area contributed by atoms with Gasteiger partial charge in [-0.15, -0.1) is 0 Å². The van der Waals surface area contributed by atoms with E-state index in [4.69, 9.17) is 13.9 Å². The Labute approximate surface area is 279 Å². The Morgan fingerprint density at radius 2 is 1.79 bits per heavy atom. The number of esters is 1. The van der Waals surface area contributed by atoms with Gasteiger partial charge in [0.1, 0.15) is 22.7 Å². The second kappa shape index (κ2) is 16.1. The molecule has 2 heterocycles. The number of carbonyl (C=O) groups is 1. The summed E-state index contributed by atoms with van der Waals surface area (Å²) in [7, 11) is 0. The van der Waals surface area contributed by atoms with Gasteiger partial charge in [0.15, 0.2) is 0 Å². The fourth-order valence-electron chi connectivity index (χ4n) is 5.54. The van der Waals surface area contributed by atoms with Crippen LogP contribution in [0, 0.1) is 13.8 Å². The van der Waals surface area contributed by atoms with E-state index in [1.165, 1.54) is 16.7 Å². The van der Waals surface area contributed by atoms with E-state index in [1.807, 2.05) is 64.1 Å². The van der Waals surface area contributed by atoms with Crippen molar-refractivity contribution in [1.29, 1.82) is 0 Å². The van der Waals surface area contributed by atoms with E-state index >= 15 is 0 Å². The first kappa shape index (κ1) is 35.0. The molecule has 0 saturated carbocycles. The molecule has 4 aromatic rings. The third-order valence-electron chi connectivity index (χ3n) is 8.35. The maximum absolute atomic E-state index is 13.4. The van der Waals surface area contributed by atoms with Crippen LogP contribution in [0.5, 0.6) is 5.75 Å². The molecule has 1 aliphatic rings. The van der Waals surface area contributed by atoms with Crippen molar-refractivity contribution in [1.82, 2.24) is 0 Å². The maximum Gasteiger partial charge on any atom is 0.347 e. The molecular formula is C41H47NO5. The molecule has 47 heavy (non-hydrogen) atoms. The smallest absolute Gasteiger partial charge is 0.347 e. The second-order valence-corrected chi connectivity index (χ2v) is 12.0. The Kier molecular flexibility index (Phi) is 12.0. The number of rotatable bonds is 8. The van der Waals surface area contributed by atoms with E-state index in [2.05, 4.69) is 56.5 Å². The molecule has 6 heteroatoms. The molecule has 246 valence electrons. The van der Waals surface area contributed by atoms with Crippen molar-refractivity contribution >= 4 is 34.1 Å². The van der Waals surface area contributed by atoms with Crippen LogP contribution in [-0.2, 0) is 11.2 Å². The van der Waals surface area contributed by atoms with E-state index in [1.54, 1.807) is 12.1 Å². The van der Waals surface area contributed by atoms with Gasteiger partial charge in [0.2, 0.25) is 0 Å². The lowest BCUT2D eigenvalue weighted by molar-refractivity contribution is 0.0504. The van der Waals surface area contributed by atoms with E-state index in [-0.39, 0.29) is 5.97 Å². The Balaban J connectivity index is 0.000000762. The Morgan fingerprint density at radius 1 is 1.00 bits per heavy atom. The molecule has 0 bridgehead atoms. The molecule has 0 spiro atoms. The summed E-state index contributed by atoms with van der Waals surface area (Å²) in [5.41, 5.74) is 8.53. The van der Waals surface area contributed by atoms with Gasteiger partial charge < -0.3 is 18.8 Å². The number of hydrogen-bond donors (Lipinski definition) is 0. The first-order chi connectivity index (χ1) is 22.6. The summed E-state index contributed by atoms with van der Waals surface area (Å²) in [5.74, 6) is 0.660. The minimum atomic E-state index is -0.459. The Bertz CT molecular complexity index is 1880. The zero-order chi connectivity index (χ0) is 34.1. The SMILES string of the molecule is C=C/C(C)=C\C.CCCOC(=O)c1ccc2c(c1)O/C(c1cc3ccc(N(CC)c4ccc(C)cc4C)cc3oc1=O)=C(\C)CCC2. The average molecular weight is 634 g/mol. The monoisotopic (exact) mass is 633 g/mol. The first-order valence-electron chi connectivity index (χ1n) is 16.5. The molecule has 3 aromatic carbocycles. The molecule has 0 amide bonds. The van der Waals surface area contributed by atoms with Crippen LogP contribution in [0.3, 0.4) is 0 Å². The third-order valence-corrected chi connectivity index (χ3v) is 8.35. The predicted octanol–water partition coefficient (Wildman–Crippen LogP) is 10.4. The van der Waals surface area contributed by atoms with Crippen molar-refractivity contribution in [3.8, 4) is 5.75 Å². The molecule has 1 aromatic heterocycles. The number of nitrogens with zero attached hydrogens (tertiary/aromatic N) is 1. The maximum atomic E-state index is 13.4. The molecule has 0 atom stereocenters. The van der Waals surface area contributed by atoms with Gasteiger partial charge in [-0.2, -0.15) is 0 Å². The van der Waals surface area contributed by atoms with Gasteiger partial charge >= 0.3 is 11.6 Å². The van der Waals surface area contributed by atoms with Crippen LogP contribution in [0.2, 0.25) is 0 Å². The summed E-state index contributed by atoms with van der Waals surface area (Å²) in [6, 6.07) is 19.6. The topological polar surface area (TPSA) is 69.0 Å². The molecule has 0 radical (unpaired) electrons. The van der Waals surface area contributed by atoms with Gasteiger partial charge in [-0.05, 0) is 120 Å². The Hall–Kier alpha value is -4.84. The molecule has 5 rings (SSSR count). The zero-order valence-electron chi connectivity index (χ0n) is 28.9. The number of carbonyl (C=O) groups excluding carboxylic acids is 1. The van der Waals surface area contributed by atoms with Gasteiger partial charge in [0.25, 0.3) is 0 Å². The van der Waals surface area contributed by atoms with E-state index in [0.29, 0.717) is 34.8 Å². The van der Waals surface area contributed by atoms with Crippen molar-refractivity contribution in [3.63, 3.8) is 0 Å². The summed E-state index contributed by atoms with van der Waals surface area (Å²) in [4.78, 5) is 28.2. The van der Waals surface area contributed by atoms with Gasteiger partial charge in [-0.3, -0.25) is 0 Å². The summed E-state index contributed by atoms with van der Waals surface area (Å²) < 4.78 is 17.7. The van der Waals surface area contributed by atoms with Crippen molar-refractivity contribution < 1.29 is 18.7 Å². The fraction of sp³-hybridized carbons (Fsp3) is 0.317. The minimum Gasteiger partial charge on any atom is -0.462 e. The predicted molar refractivity (Wildman–Crippen MR) is 194 cm³/mol. The molecule has 0 fully saturated rings. The lowest BCUT2D eigenvalue weighted by Crippen LogP contribution is -2.17. The summed E-state index contributed by atoms with van der Waals surface area (Å²) in [6.07, 6.45) is 7.10. The van der Waals surface area contributed by atoms with Crippen molar-refractivity contribution in [2.24, 2.45) is 0 Å². The molecule has 0 unspecified atom stereocenters. The van der Waals surface area contributed by atoms with E-state index in [9.17, 15) is 9.59 Å². The van der Waals surface area contributed by atoms with Crippen molar-refractivity contribution in [2.75, 3.05) is 18.1 Å². The number of ether oxygens (including phenoxy) is 2. The average Bonchev–Trinajstić information content (AvgIpc) is 3.06. The summed E-state index contributed by atoms with van der Waals surface area (Å²) >= 11 is 0. The highest BCUT2D eigenvalue weighted by atomic mass is 16.5. The molecule has 0 aliphatic carbocycles. The van der Waals surface area contributed by atoms with Crippen LogP contribution in [0.15, 0.2) is 99.8 Å². The van der Waals surface area contributed by atoms with Crippen molar-refractivity contribution in [3.05, 3.63) is 129 Å². The molecular weight excluding hydrogens is 586 g/mol. The van der Waals surface area contributed by atoms with Gasteiger partial charge in [-0.25, -0.2) is 9.59 Å². The largest absolute Gasteiger partial charge is 0.462 e. The van der Waals surface area contributed by atoms with Crippen molar-refractivity contribution in [2.45, 2.75) is 74.1 Å². The highest BCUT2D eigenvalue weighted by molar-refractivity contribution is 5.90. The summed E-state index contributed by atoms with van der Waals surface area (Å²) in [5, 5.41) is 0.808. The van der Waals surface area contributed by atoms with Crippen LogP contribution in [0.25, 0.3) is 16.7 Å². The number of fused-ring (bicyclic) bond motifs is 2. The molecule has 1 aliphatic heterocycles. The summed E-state index contributed by atoms with van der Waals surface area (Å²) in [6.45, 7) is 19.0. The molecule has 0 saturated heterocycles. The van der Waals surface area contributed by atoms with Gasteiger partial charge in [0.05, 0.1) is 12.2 Å². The quantitative estimate of drug-likeness (QED) is 0.109. The fourth-order valence-corrected chi connectivity index (χ4v) is 5.54. The Morgan fingerprint density at radius 3 is 2.45 bits per heavy atom. The van der Waals surface area contributed by atoms with Crippen LogP contribution in [0.1, 0.15) is 86.5 Å². The number of anilines is 2. The first-order valence-corrected chi connectivity index (χ1v) is 16.5. The standard InChI is InChI=1S/C35H37NO5.C6H10/c1-6-17-39-34(37)27-13-12-25-10-8-9-23(4)33(40-31(25)20-27)29-19-26-14-15-28(21-32(26)41-35(29)38)36(7-2)30-16-11-22(3)18-24(30)5;1-4-6(3)5-2/h11-16,18-21H,6-10,17H2,1-5H3;4-5H,1H2,2-3H3/b33-23+;6-5-. The highest BCUT2D eigenvalue weighted by Crippen LogP contribution is 2.35. The number of benzene rings is 3. The van der Waals surface area contributed by atoms with Gasteiger partial charge in [-0.1, -0.05) is 55.0 Å². The second-order valence-electron chi connectivity index (χ2n) is 12.0. The van der Waals surface area contributed by atoms with Crippen LogP contribution in [-0.4, -0.2) is 19.1 Å². The lowest BCUT2D eigenvalue weighted by Gasteiger charge is -2.25. The highest BCUT2D eigenvalue weighted by Gasteiger charge is 2.22. The van der Waals surface area contributed by atoms with Gasteiger partial charge in [0, 0.05) is 29.4 Å². The van der Waals surface area contributed by atoms with Crippen LogP contribution in [0.4, 0.5) is 11.4 Å². The normalized spacial score (nSPS) is 14.6. The zero-order valence-corrected chi connectivity index (χ0v) is 28.9. The molecule has 0 N–H and O–H groups in total. The third kappa shape index (κ3) is 8.50. The number of allylic oxidation sites excluding steroid dienone is 4. The van der Waals surface area contributed by atoms with E-state index < -0.39 is 5.63 Å². The molecule has 6 nitrogen and oxygen atoms in total. The number of aryl methyl sites for hydroxylation is 3. The van der Waals surface area contributed by atoms with Crippen LogP contribution < -0.4 is 15.3 Å². The number of hydrogen-bond acceptors (Lipinski definition) is 6. The lowest BCUT2D eigenvalue weighted by atomic mass is 9.98. The van der Waals surface area contributed by atoms with E-state index in [0.717, 1.165) is 60.1 Å². The van der Waals surface area contributed by atoms with Crippen LogP contribution >= 0.6 is 0 Å².